The van der Waals surface area contributed by atoms with Crippen molar-refractivity contribution in [3.8, 4) is 11.3 Å². The van der Waals surface area contributed by atoms with Crippen LogP contribution in [0.15, 0.2) is 39.3 Å². The maximum Gasteiger partial charge on any atom is 0.257 e. The normalized spacial score (nSPS) is 12.2. The number of amides is 1. The molecule has 0 aliphatic carbocycles. The number of hydrogen-bond acceptors (Lipinski definition) is 5. The van der Waals surface area contributed by atoms with Crippen LogP contribution in [0, 0.1) is 20.8 Å². The van der Waals surface area contributed by atoms with Crippen LogP contribution in [0.5, 0.6) is 0 Å². The van der Waals surface area contributed by atoms with Crippen LogP contribution in [0.2, 0.25) is 5.02 Å². The Labute approximate surface area is 162 Å². The number of rotatable bonds is 6. The number of nitrogens with one attached hydrogen (secondary N) is 1. The highest BCUT2D eigenvalue weighted by atomic mass is 35.5. The fourth-order valence-corrected chi connectivity index (χ4v) is 3.25. The number of furan rings is 1. The second-order valence-electron chi connectivity index (χ2n) is 6.37. The molecule has 1 atom stereocenters. The van der Waals surface area contributed by atoms with Gasteiger partial charge in [-0.3, -0.25) is 4.79 Å². The first-order valence-electron chi connectivity index (χ1n) is 8.63. The van der Waals surface area contributed by atoms with Crippen molar-refractivity contribution in [2.75, 3.05) is 6.54 Å². The van der Waals surface area contributed by atoms with Gasteiger partial charge in [0, 0.05) is 17.7 Å². The molecular weight excluding hydrogens is 368 g/mol. The average molecular weight is 389 g/mol. The third-order valence-corrected chi connectivity index (χ3v) is 4.69. The molecule has 0 aliphatic rings. The first-order valence-corrected chi connectivity index (χ1v) is 9.00. The molecule has 0 fully saturated rings. The van der Waals surface area contributed by atoms with Crippen molar-refractivity contribution in [3.63, 3.8) is 0 Å². The molecule has 0 unspecified atom stereocenters. The molecule has 2 N–H and O–H groups in total. The van der Waals surface area contributed by atoms with Crippen LogP contribution in [-0.2, 0) is 0 Å². The van der Waals surface area contributed by atoms with E-state index >= 15 is 0 Å². The number of nitrogens with zero attached hydrogens (tertiary/aromatic N) is 1. The zero-order valence-corrected chi connectivity index (χ0v) is 16.1. The van der Waals surface area contributed by atoms with E-state index in [0.717, 1.165) is 11.3 Å². The minimum atomic E-state index is -0.714. The van der Waals surface area contributed by atoms with Crippen molar-refractivity contribution in [1.29, 1.82) is 0 Å². The molecule has 2 heterocycles. The van der Waals surface area contributed by atoms with Gasteiger partial charge in [0.1, 0.15) is 28.5 Å². The third kappa shape index (κ3) is 4.07. The monoisotopic (exact) mass is 388 g/mol. The summed E-state index contributed by atoms with van der Waals surface area (Å²) in [6.07, 6.45) is -0.355. The van der Waals surface area contributed by atoms with E-state index in [1.807, 2.05) is 19.1 Å². The standard InChI is InChI=1S/C20H21ClN2O4/c1-11-10-15(12(2)26-11)17(24)8-9-22-20(25)18-13(3)27-23-19(18)14-6-4-5-7-16(14)21/h4-7,10,17,24H,8-9H2,1-3H3,(H,22,25)/t17-/m0/s1. The zero-order chi connectivity index (χ0) is 19.6. The van der Waals surface area contributed by atoms with Crippen molar-refractivity contribution >= 4 is 17.5 Å². The second-order valence-corrected chi connectivity index (χ2v) is 6.78. The summed E-state index contributed by atoms with van der Waals surface area (Å²) in [5.74, 6) is 1.51. The van der Waals surface area contributed by atoms with Crippen LogP contribution in [0.1, 0.15) is 45.7 Å². The lowest BCUT2D eigenvalue weighted by Crippen LogP contribution is -2.26. The van der Waals surface area contributed by atoms with Gasteiger partial charge >= 0.3 is 0 Å². The Morgan fingerprint density at radius 1 is 1.26 bits per heavy atom. The summed E-state index contributed by atoms with van der Waals surface area (Å²) in [7, 11) is 0. The molecule has 0 bridgehead atoms. The van der Waals surface area contributed by atoms with Crippen LogP contribution >= 0.6 is 11.6 Å². The fourth-order valence-electron chi connectivity index (χ4n) is 3.02. The predicted octanol–water partition coefficient (Wildman–Crippen LogP) is 4.37. The number of aryl methyl sites for hydroxylation is 3. The zero-order valence-electron chi connectivity index (χ0n) is 15.4. The molecule has 7 heteroatoms. The molecule has 142 valence electrons. The number of aliphatic hydroxyl groups excluding tert-OH is 1. The molecule has 2 aromatic heterocycles. The summed E-state index contributed by atoms with van der Waals surface area (Å²) in [6, 6.07) is 8.94. The van der Waals surface area contributed by atoms with E-state index in [1.165, 1.54) is 0 Å². The van der Waals surface area contributed by atoms with Crippen LogP contribution < -0.4 is 5.32 Å². The molecule has 0 spiro atoms. The first kappa shape index (κ1) is 19.2. The van der Waals surface area contributed by atoms with Gasteiger partial charge in [0.2, 0.25) is 0 Å². The maximum absolute atomic E-state index is 12.7. The summed E-state index contributed by atoms with van der Waals surface area (Å²) in [5.41, 5.74) is 2.11. The minimum Gasteiger partial charge on any atom is -0.466 e. The van der Waals surface area contributed by atoms with Gasteiger partial charge in [-0.25, -0.2) is 0 Å². The SMILES string of the molecule is Cc1cc([C@@H](O)CCNC(=O)c2c(-c3ccccc3Cl)noc2C)c(C)o1. The Bertz CT molecular complexity index is 961. The highest BCUT2D eigenvalue weighted by molar-refractivity contribution is 6.33. The molecule has 1 aromatic carbocycles. The fraction of sp³-hybridized carbons (Fsp3) is 0.300. The number of halogens is 1. The highest BCUT2D eigenvalue weighted by Crippen LogP contribution is 2.31. The summed E-state index contributed by atoms with van der Waals surface area (Å²) < 4.78 is 10.6. The van der Waals surface area contributed by atoms with E-state index < -0.39 is 6.10 Å². The highest BCUT2D eigenvalue weighted by Gasteiger charge is 2.23. The van der Waals surface area contributed by atoms with E-state index in [0.29, 0.717) is 39.8 Å². The smallest absolute Gasteiger partial charge is 0.257 e. The Hall–Kier alpha value is -2.57. The summed E-state index contributed by atoms with van der Waals surface area (Å²) in [6.45, 7) is 5.60. The second kappa shape index (κ2) is 7.98. The number of aliphatic hydroxyl groups is 1. The Morgan fingerprint density at radius 2 is 2.00 bits per heavy atom. The molecule has 27 heavy (non-hydrogen) atoms. The first-order chi connectivity index (χ1) is 12.9. The van der Waals surface area contributed by atoms with Crippen LogP contribution in [0.25, 0.3) is 11.3 Å². The van der Waals surface area contributed by atoms with Crippen molar-refractivity contribution < 1.29 is 18.8 Å². The van der Waals surface area contributed by atoms with Gasteiger partial charge in [-0.15, -0.1) is 0 Å². The topological polar surface area (TPSA) is 88.5 Å². The van der Waals surface area contributed by atoms with Crippen molar-refractivity contribution in [3.05, 3.63) is 63.8 Å². The van der Waals surface area contributed by atoms with Gasteiger partial charge in [-0.1, -0.05) is 35.0 Å². The van der Waals surface area contributed by atoms with E-state index in [4.69, 9.17) is 20.5 Å². The Kier molecular flexibility index (Phi) is 5.68. The Balaban J connectivity index is 1.70. The van der Waals surface area contributed by atoms with E-state index in [1.54, 1.807) is 32.0 Å². The number of hydrogen-bond donors (Lipinski definition) is 2. The maximum atomic E-state index is 12.7. The number of benzene rings is 1. The minimum absolute atomic E-state index is 0.288. The molecule has 3 rings (SSSR count). The van der Waals surface area contributed by atoms with Crippen LogP contribution in [-0.4, -0.2) is 22.7 Å². The lowest BCUT2D eigenvalue weighted by molar-refractivity contribution is 0.0941. The summed E-state index contributed by atoms with van der Waals surface area (Å²) >= 11 is 6.22. The van der Waals surface area contributed by atoms with Gasteiger partial charge in [0.25, 0.3) is 5.91 Å². The molecule has 3 aromatic rings. The average Bonchev–Trinajstić information content (AvgIpc) is 3.17. The molecule has 0 aliphatic heterocycles. The predicted molar refractivity (Wildman–Crippen MR) is 102 cm³/mol. The van der Waals surface area contributed by atoms with Crippen LogP contribution in [0.3, 0.4) is 0 Å². The quantitative estimate of drug-likeness (QED) is 0.654. The van der Waals surface area contributed by atoms with Gasteiger partial charge in [0.15, 0.2) is 0 Å². The van der Waals surface area contributed by atoms with Crippen molar-refractivity contribution in [2.24, 2.45) is 0 Å². The summed E-state index contributed by atoms with van der Waals surface area (Å²) in [4.78, 5) is 12.7. The molecule has 1 amide bonds. The van der Waals surface area contributed by atoms with Gasteiger partial charge < -0.3 is 19.4 Å². The van der Waals surface area contributed by atoms with Gasteiger partial charge in [-0.05, 0) is 39.3 Å². The summed E-state index contributed by atoms with van der Waals surface area (Å²) in [5, 5.41) is 17.6. The van der Waals surface area contributed by atoms with Gasteiger partial charge in [-0.2, -0.15) is 0 Å². The largest absolute Gasteiger partial charge is 0.466 e. The lowest BCUT2D eigenvalue weighted by Gasteiger charge is -2.11. The number of carbonyl (C=O) groups is 1. The lowest BCUT2D eigenvalue weighted by atomic mass is 10.0. The molecular formula is C20H21ClN2O4. The van der Waals surface area contributed by atoms with Crippen LogP contribution in [0.4, 0.5) is 0 Å². The molecule has 0 saturated heterocycles. The molecule has 0 radical (unpaired) electrons. The van der Waals surface area contributed by atoms with Crippen molar-refractivity contribution in [2.45, 2.75) is 33.3 Å². The third-order valence-electron chi connectivity index (χ3n) is 4.36. The molecule has 6 nitrogen and oxygen atoms in total. The van der Waals surface area contributed by atoms with E-state index in [-0.39, 0.29) is 12.5 Å². The molecule has 0 saturated carbocycles. The number of aromatic nitrogens is 1. The van der Waals surface area contributed by atoms with E-state index in [9.17, 15) is 9.90 Å². The Morgan fingerprint density at radius 3 is 2.67 bits per heavy atom. The van der Waals surface area contributed by atoms with E-state index in [2.05, 4.69) is 10.5 Å². The van der Waals surface area contributed by atoms with Crippen molar-refractivity contribution in [1.82, 2.24) is 10.5 Å². The van der Waals surface area contributed by atoms with Gasteiger partial charge in [0.05, 0.1) is 11.1 Å². The number of carbonyl (C=O) groups excluding carboxylic acids is 1.